The number of halogens is 15. The highest BCUT2D eigenvalue weighted by Gasteiger charge is 2.94. The quantitative estimate of drug-likeness (QED) is 0.334. The van der Waals surface area contributed by atoms with Gasteiger partial charge in [-0.1, -0.05) is 0 Å². The van der Waals surface area contributed by atoms with Crippen LogP contribution in [0.2, 0.25) is 0 Å². The molecular weight excluding hydrogens is 463 g/mol. The van der Waals surface area contributed by atoms with Crippen LogP contribution in [-0.2, 0) is 9.53 Å². The number of alkyl halides is 15. The Labute approximate surface area is 149 Å². The Morgan fingerprint density at radius 1 is 0.655 bits per heavy atom. The minimum atomic E-state index is -8.45. The lowest BCUT2D eigenvalue weighted by molar-refractivity contribution is -0.467. The number of hydrogen-bond donors (Lipinski definition) is 1. The molecule has 0 radical (unpaired) electrons. The molecule has 0 rings (SSSR count). The Bertz CT molecular complexity index is 660. The molecule has 0 saturated carbocycles. The van der Waals surface area contributed by atoms with Crippen molar-refractivity contribution >= 4 is 5.97 Å². The van der Waals surface area contributed by atoms with Crippen molar-refractivity contribution in [3.8, 4) is 0 Å². The van der Waals surface area contributed by atoms with Gasteiger partial charge in [-0.05, 0) is 6.92 Å². The highest BCUT2D eigenvalue weighted by molar-refractivity contribution is 5.82. The minimum absolute atomic E-state index is 0.299. The number of allylic oxidation sites excluding steroid dienone is 1. The third kappa shape index (κ3) is 4.01. The molecule has 18 heteroatoms. The number of carbonyl (C=O) groups excluding carboxylic acids is 1. The molecular formula is C11H6F15NO2. The van der Waals surface area contributed by atoms with E-state index in [-0.39, 0.29) is 6.08 Å². The predicted octanol–water partition coefficient (Wildman–Crippen LogP) is 4.72. The molecule has 0 heterocycles. The van der Waals surface area contributed by atoms with E-state index in [4.69, 9.17) is 5.73 Å². The molecule has 0 bridgehead atoms. The van der Waals surface area contributed by atoms with Crippen molar-refractivity contribution in [2.45, 2.75) is 48.8 Å². The molecule has 0 saturated heterocycles. The smallest absolute Gasteiger partial charge is 0.402 e. The molecule has 0 amide bonds. The van der Waals surface area contributed by atoms with Crippen molar-refractivity contribution in [2.75, 3.05) is 0 Å². The van der Waals surface area contributed by atoms with E-state index >= 15 is 0 Å². The number of carbonyl (C=O) groups is 1. The van der Waals surface area contributed by atoms with Gasteiger partial charge >= 0.3 is 47.9 Å². The van der Waals surface area contributed by atoms with Gasteiger partial charge in [-0.2, -0.15) is 65.9 Å². The molecule has 0 aliphatic heterocycles. The van der Waals surface area contributed by atoms with E-state index in [1.165, 1.54) is 0 Å². The van der Waals surface area contributed by atoms with E-state index in [2.05, 4.69) is 4.74 Å². The highest BCUT2D eigenvalue weighted by Crippen LogP contribution is 2.62. The lowest BCUT2D eigenvalue weighted by Crippen LogP contribution is -2.72. The second-order valence-electron chi connectivity index (χ2n) is 5.20. The summed E-state index contributed by atoms with van der Waals surface area (Å²) >= 11 is 0. The molecule has 0 atom stereocenters. The summed E-state index contributed by atoms with van der Waals surface area (Å²) in [6.07, 6.45) is -15.1. The lowest BCUT2D eigenvalue weighted by atomic mass is 9.93. The molecule has 0 aliphatic carbocycles. The Hall–Kier alpha value is -2.04. The first-order chi connectivity index (χ1) is 12.3. The number of hydrogen-bond acceptors (Lipinski definition) is 3. The van der Waals surface area contributed by atoms with Crippen LogP contribution in [0.25, 0.3) is 0 Å². The molecule has 29 heavy (non-hydrogen) atoms. The number of esters is 1. The minimum Gasteiger partial charge on any atom is -0.402 e. The molecule has 3 nitrogen and oxygen atoms in total. The zero-order valence-electron chi connectivity index (χ0n) is 13.1. The van der Waals surface area contributed by atoms with Crippen LogP contribution in [0, 0.1) is 0 Å². The van der Waals surface area contributed by atoms with Gasteiger partial charge < -0.3 is 10.5 Å². The van der Waals surface area contributed by atoms with Crippen LogP contribution < -0.4 is 5.73 Å². The SMILES string of the molecule is C/C(N)=C/C(=O)OC(F)(F)C(F)(F)C(F)(F)C(F)(F)C(F)(F)C(F)(F)C(F)(F)F. The first-order valence-electron chi connectivity index (χ1n) is 6.31. The lowest BCUT2D eigenvalue weighted by Gasteiger charge is -2.40. The van der Waals surface area contributed by atoms with Gasteiger partial charge in [0.2, 0.25) is 0 Å². The molecule has 0 unspecified atom stereocenters. The van der Waals surface area contributed by atoms with Crippen LogP contribution in [-0.4, -0.2) is 47.9 Å². The fourth-order valence-corrected chi connectivity index (χ4v) is 1.36. The van der Waals surface area contributed by atoms with Crippen LogP contribution in [0.1, 0.15) is 6.92 Å². The van der Waals surface area contributed by atoms with Crippen LogP contribution in [0.3, 0.4) is 0 Å². The van der Waals surface area contributed by atoms with Crippen LogP contribution in [0.5, 0.6) is 0 Å². The highest BCUT2D eigenvalue weighted by atomic mass is 19.4. The Morgan fingerprint density at radius 2 is 0.966 bits per heavy atom. The van der Waals surface area contributed by atoms with Gasteiger partial charge in [0.05, 0.1) is 0 Å². The second-order valence-corrected chi connectivity index (χ2v) is 5.20. The van der Waals surface area contributed by atoms with Crippen LogP contribution >= 0.6 is 0 Å². The molecule has 172 valence electrons. The van der Waals surface area contributed by atoms with E-state index in [1.807, 2.05) is 0 Å². The first-order valence-corrected chi connectivity index (χ1v) is 6.31. The van der Waals surface area contributed by atoms with Crippen molar-refractivity contribution in [3.63, 3.8) is 0 Å². The maximum atomic E-state index is 13.2. The van der Waals surface area contributed by atoms with Gasteiger partial charge in [0.25, 0.3) is 0 Å². The summed E-state index contributed by atoms with van der Waals surface area (Å²) in [6, 6.07) is 0. The molecule has 0 aromatic rings. The van der Waals surface area contributed by atoms with Gasteiger partial charge in [-0.15, -0.1) is 0 Å². The largest absolute Gasteiger partial charge is 0.473 e. The first kappa shape index (κ1) is 27.0. The van der Waals surface area contributed by atoms with Crippen LogP contribution in [0.4, 0.5) is 65.9 Å². The van der Waals surface area contributed by atoms with Crippen molar-refractivity contribution in [2.24, 2.45) is 5.73 Å². The van der Waals surface area contributed by atoms with Crippen LogP contribution in [0.15, 0.2) is 11.8 Å². The molecule has 0 fully saturated rings. The van der Waals surface area contributed by atoms with E-state index in [0.717, 1.165) is 0 Å². The standard InChI is InChI=1S/C11H6F15NO2/c1-3(27)2-4(28)29-11(25,26)9(20,21)7(16,17)5(12,13)6(14,15)8(18,19)10(22,23)24/h2H,27H2,1H3/b3-2-. The molecule has 2 N–H and O–H groups in total. The normalized spacial score (nSPS) is 16.1. The summed E-state index contributed by atoms with van der Waals surface area (Å²) in [5.74, 6) is -43.8. The van der Waals surface area contributed by atoms with Crippen molar-refractivity contribution in [1.29, 1.82) is 0 Å². The Balaban J connectivity index is 6.43. The second kappa shape index (κ2) is 7.03. The summed E-state index contributed by atoms with van der Waals surface area (Å²) in [7, 11) is 0. The van der Waals surface area contributed by atoms with Gasteiger partial charge in [-0.3, -0.25) is 0 Å². The predicted molar refractivity (Wildman–Crippen MR) is 59.8 cm³/mol. The van der Waals surface area contributed by atoms with Crippen molar-refractivity contribution in [1.82, 2.24) is 0 Å². The van der Waals surface area contributed by atoms with Gasteiger partial charge in [-0.25, -0.2) is 4.79 Å². The van der Waals surface area contributed by atoms with E-state index in [1.54, 1.807) is 0 Å². The third-order valence-electron chi connectivity index (χ3n) is 2.87. The van der Waals surface area contributed by atoms with E-state index in [9.17, 15) is 70.7 Å². The monoisotopic (exact) mass is 469 g/mol. The molecule has 0 spiro atoms. The van der Waals surface area contributed by atoms with Crippen molar-refractivity contribution in [3.05, 3.63) is 11.8 Å². The zero-order chi connectivity index (χ0) is 24.1. The number of rotatable bonds is 7. The number of ether oxygens (including phenoxy) is 1. The van der Waals surface area contributed by atoms with Gasteiger partial charge in [0.15, 0.2) is 0 Å². The molecule has 0 aromatic carbocycles. The average molecular weight is 469 g/mol. The molecule has 0 aliphatic rings. The summed E-state index contributed by atoms with van der Waals surface area (Å²) < 4.78 is 194. The zero-order valence-corrected chi connectivity index (χ0v) is 13.1. The maximum absolute atomic E-state index is 13.2. The van der Waals surface area contributed by atoms with E-state index < -0.39 is 53.6 Å². The third-order valence-corrected chi connectivity index (χ3v) is 2.87. The average Bonchev–Trinajstić information content (AvgIpc) is 2.43. The topological polar surface area (TPSA) is 52.3 Å². The van der Waals surface area contributed by atoms with Crippen molar-refractivity contribution < 1.29 is 75.4 Å². The van der Waals surface area contributed by atoms with E-state index in [0.29, 0.717) is 6.92 Å². The van der Waals surface area contributed by atoms with Gasteiger partial charge in [0, 0.05) is 11.8 Å². The Kier molecular flexibility index (Phi) is 6.54. The summed E-state index contributed by atoms with van der Waals surface area (Å²) in [5.41, 5.74) is 3.89. The number of nitrogens with two attached hydrogens (primary N) is 1. The fraction of sp³-hybridized carbons (Fsp3) is 0.727. The fourth-order valence-electron chi connectivity index (χ4n) is 1.36. The summed E-state index contributed by atoms with van der Waals surface area (Å²) in [4.78, 5) is 10.7. The van der Waals surface area contributed by atoms with Gasteiger partial charge in [0.1, 0.15) is 0 Å². The summed E-state index contributed by atoms with van der Waals surface area (Å²) in [6.45, 7) is 0.708. The Morgan fingerprint density at radius 3 is 1.28 bits per heavy atom. The summed E-state index contributed by atoms with van der Waals surface area (Å²) in [5, 5.41) is 0. The molecule has 0 aromatic heterocycles. The maximum Gasteiger partial charge on any atom is 0.473 e.